The highest BCUT2D eigenvalue weighted by molar-refractivity contribution is 5.46. The summed E-state index contributed by atoms with van der Waals surface area (Å²) in [7, 11) is 2.00. The van der Waals surface area contributed by atoms with Crippen molar-refractivity contribution in [1.29, 1.82) is 5.26 Å². The number of nitriles is 1. The molecule has 1 aromatic rings. The summed E-state index contributed by atoms with van der Waals surface area (Å²) in [6, 6.07) is 6.39. The number of aryl methyl sites for hydroxylation is 1. The Balaban J connectivity index is 2.79. The van der Waals surface area contributed by atoms with Crippen LogP contribution in [0.5, 0.6) is 0 Å². The van der Waals surface area contributed by atoms with Gasteiger partial charge in [0.25, 0.3) is 0 Å². The summed E-state index contributed by atoms with van der Waals surface area (Å²) in [6.07, 6.45) is 2.33. The van der Waals surface area contributed by atoms with Crippen LogP contribution in [0.1, 0.15) is 19.0 Å². The van der Waals surface area contributed by atoms with Gasteiger partial charge in [0.2, 0.25) is 0 Å². The normalized spacial score (nSPS) is 11.9. The Labute approximate surface area is 85.0 Å². The Morgan fingerprint density at radius 1 is 1.64 bits per heavy atom. The standard InChI is InChI=1S/C11H15N3/c1-9-8-11(5-7-13-9)14(3)10(2)4-6-12/h5,7-8,10H,4H2,1-3H3. The van der Waals surface area contributed by atoms with E-state index in [1.54, 1.807) is 6.20 Å². The highest BCUT2D eigenvalue weighted by atomic mass is 15.1. The van der Waals surface area contributed by atoms with Gasteiger partial charge in [0, 0.05) is 30.7 Å². The Morgan fingerprint density at radius 2 is 2.36 bits per heavy atom. The fraction of sp³-hybridized carbons (Fsp3) is 0.455. The minimum Gasteiger partial charge on any atom is -0.371 e. The van der Waals surface area contributed by atoms with Crippen LogP contribution in [0.15, 0.2) is 18.3 Å². The molecule has 3 heteroatoms. The average molecular weight is 189 g/mol. The lowest BCUT2D eigenvalue weighted by Crippen LogP contribution is -2.28. The zero-order chi connectivity index (χ0) is 10.6. The minimum atomic E-state index is 0.238. The van der Waals surface area contributed by atoms with Crippen LogP contribution in [0.4, 0.5) is 5.69 Å². The van der Waals surface area contributed by atoms with E-state index < -0.39 is 0 Å². The first-order valence-electron chi connectivity index (χ1n) is 4.67. The third-order valence-electron chi connectivity index (χ3n) is 2.34. The molecule has 1 heterocycles. The molecule has 1 atom stereocenters. The molecule has 1 unspecified atom stereocenters. The van der Waals surface area contributed by atoms with Crippen molar-refractivity contribution in [2.45, 2.75) is 26.3 Å². The lowest BCUT2D eigenvalue weighted by atomic mass is 10.2. The van der Waals surface area contributed by atoms with E-state index in [9.17, 15) is 0 Å². The molecule has 0 amide bonds. The van der Waals surface area contributed by atoms with Gasteiger partial charge in [0.05, 0.1) is 12.5 Å². The first-order valence-corrected chi connectivity index (χ1v) is 4.67. The molecule has 1 aromatic heterocycles. The Bertz CT molecular complexity index is 341. The second-order valence-corrected chi connectivity index (χ2v) is 3.48. The third-order valence-corrected chi connectivity index (χ3v) is 2.34. The topological polar surface area (TPSA) is 39.9 Å². The van der Waals surface area contributed by atoms with Gasteiger partial charge in [-0.05, 0) is 26.0 Å². The number of hydrogen-bond donors (Lipinski definition) is 0. The molecule has 0 aromatic carbocycles. The lowest BCUT2D eigenvalue weighted by molar-refractivity contribution is 0.702. The molecule has 0 aliphatic rings. The number of hydrogen-bond acceptors (Lipinski definition) is 3. The summed E-state index contributed by atoms with van der Waals surface area (Å²) in [5.41, 5.74) is 2.11. The number of anilines is 1. The molecule has 0 saturated carbocycles. The highest BCUT2D eigenvalue weighted by Crippen LogP contribution is 2.16. The first kappa shape index (κ1) is 10.5. The number of aromatic nitrogens is 1. The van der Waals surface area contributed by atoms with Crippen molar-refractivity contribution in [2.75, 3.05) is 11.9 Å². The van der Waals surface area contributed by atoms with Crippen molar-refractivity contribution < 1.29 is 0 Å². The molecule has 1 rings (SSSR count). The van der Waals surface area contributed by atoms with Crippen LogP contribution in [0.3, 0.4) is 0 Å². The van der Waals surface area contributed by atoms with Crippen molar-refractivity contribution in [3.63, 3.8) is 0 Å². The molecule has 0 aliphatic heterocycles. The van der Waals surface area contributed by atoms with Gasteiger partial charge >= 0.3 is 0 Å². The molecule has 0 fully saturated rings. The van der Waals surface area contributed by atoms with E-state index in [1.165, 1.54) is 0 Å². The second kappa shape index (κ2) is 4.61. The summed E-state index contributed by atoms with van der Waals surface area (Å²) in [4.78, 5) is 6.23. The number of rotatable bonds is 3. The van der Waals surface area contributed by atoms with Crippen molar-refractivity contribution in [3.05, 3.63) is 24.0 Å². The molecular weight excluding hydrogens is 174 g/mol. The third kappa shape index (κ3) is 2.46. The maximum absolute atomic E-state index is 8.60. The average Bonchev–Trinajstić information content (AvgIpc) is 2.17. The van der Waals surface area contributed by atoms with E-state index in [0.29, 0.717) is 6.42 Å². The van der Waals surface area contributed by atoms with Crippen LogP contribution in [0.2, 0.25) is 0 Å². The summed E-state index contributed by atoms with van der Waals surface area (Å²) < 4.78 is 0. The maximum Gasteiger partial charge on any atom is 0.0643 e. The molecule has 0 bridgehead atoms. The van der Waals surface area contributed by atoms with Gasteiger partial charge < -0.3 is 4.90 Å². The molecule has 14 heavy (non-hydrogen) atoms. The van der Waals surface area contributed by atoms with Gasteiger partial charge in [-0.15, -0.1) is 0 Å². The largest absolute Gasteiger partial charge is 0.371 e. The fourth-order valence-corrected chi connectivity index (χ4v) is 1.27. The minimum absolute atomic E-state index is 0.238. The summed E-state index contributed by atoms with van der Waals surface area (Å²) in [6.45, 7) is 4.01. The van der Waals surface area contributed by atoms with Crippen molar-refractivity contribution >= 4 is 5.69 Å². The van der Waals surface area contributed by atoms with Gasteiger partial charge in [-0.1, -0.05) is 0 Å². The molecule has 74 valence electrons. The van der Waals surface area contributed by atoms with E-state index in [2.05, 4.69) is 16.0 Å². The van der Waals surface area contributed by atoms with Crippen LogP contribution in [0, 0.1) is 18.3 Å². The Morgan fingerprint density at radius 3 is 2.93 bits per heavy atom. The van der Waals surface area contributed by atoms with Crippen LogP contribution < -0.4 is 4.90 Å². The van der Waals surface area contributed by atoms with Crippen molar-refractivity contribution in [2.24, 2.45) is 0 Å². The monoisotopic (exact) mass is 189 g/mol. The summed E-state index contributed by atoms with van der Waals surface area (Å²) >= 11 is 0. The molecule has 3 nitrogen and oxygen atoms in total. The molecule has 0 radical (unpaired) electrons. The summed E-state index contributed by atoms with van der Waals surface area (Å²) in [5, 5.41) is 8.60. The molecule has 0 aliphatic carbocycles. The van der Waals surface area contributed by atoms with Crippen molar-refractivity contribution in [1.82, 2.24) is 4.98 Å². The zero-order valence-corrected chi connectivity index (χ0v) is 8.86. The van der Waals surface area contributed by atoms with E-state index in [0.717, 1.165) is 11.4 Å². The van der Waals surface area contributed by atoms with Gasteiger partial charge in [-0.25, -0.2) is 0 Å². The second-order valence-electron chi connectivity index (χ2n) is 3.48. The summed E-state index contributed by atoms with van der Waals surface area (Å²) in [5.74, 6) is 0. The Kier molecular flexibility index (Phi) is 3.47. The molecule has 0 N–H and O–H groups in total. The fourth-order valence-electron chi connectivity index (χ4n) is 1.27. The van der Waals surface area contributed by atoms with Gasteiger partial charge in [0.1, 0.15) is 0 Å². The SMILES string of the molecule is Cc1cc(N(C)C(C)CC#N)ccn1. The predicted octanol–water partition coefficient (Wildman–Crippen LogP) is 2.13. The van der Waals surface area contributed by atoms with E-state index in [4.69, 9.17) is 5.26 Å². The molecular formula is C11H15N3. The zero-order valence-electron chi connectivity index (χ0n) is 8.86. The quantitative estimate of drug-likeness (QED) is 0.731. The van der Waals surface area contributed by atoms with Gasteiger partial charge in [-0.2, -0.15) is 5.26 Å². The number of pyridine rings is 1. The van der Waals surface area contributed by atoms with Gasteiger partial charge in [-0.3, -0.25) is 4.98 Å². The van der Waals surface area contributed by atoms with Crippen molar-refractivity contribution in [3.8, 4) is 6.07 Å². The van der Waals surface area contributed by atoms with Crippen LogP contribution >= 0.6 is 0 Å². The molecule has 0 spiro atoms. The maximum atomic E-state index is 8.60. The van der Waals surface area contributed by atoms with Crippen LogP contribution in [0.25, 0.3) is 0 Å². The van der Waals surface area contributed by atoms with E-state index >= 15 is 0 Å². The smallest absolute Gasteiger partial charge is 0.0643 e. The first-order chi connectivity index (χ1) is 6.65. The van der Waals surface area contributed by atoms with Gasteiger partial charge in [0.15, 0.2) is 0 Å². The highest BCUT2D eigenvalue weighted by Gasteiger charge is 2.09. The van der Waals surface area contributed by atoms with Crippen LogP contribution in [-0.2, 0) is 0 Å². The predicted molar refractivity (Wildman–Crippen MR) is 57.1 cm³/mol. The number of nitrogens with zero attached hydrogens (tertiary/aromatic N) is 3. The van der Waals surface area contributed by atoms with E-state index in [1.807, 2.05) is 33.0 Å². The van der Waals surface area contributed by atoms with Crippen LogP contribution in [-0.4, -0.2) is 18.1 Å². The lowest BCUT2D eigenvalue weighted by Gasteiger charge is -2.25. The van der Waals surface area contributed by atoms with E-state index in [-0.39, 0.29) is 6.04 Å². The Hall–Kier alpha value is -1.56. The molecule has 0 saturated heterocycles.